The Morgan fingerprint density at radius 3 is 2.50 bits per heavy atom. The van der Waals surface area contributed by atoms with E-state index in [1.807, 2.05) is 0 Å². The molecule has 0 bridgehead atoms. The van der Waals surface area contributed by atoms with Crippen LogP contribution in [0.3, 0.4) is 0 Å². The standard InChI is InChI=1S/C12H19NS/c13-12(11-8-5-9-14-11)10-6-3-1-2-4-7-10/h5,8-10,12H,1-4,6-7,13H2/t12-/m1/s1. The maximum Gasteiger partial charge on any atom is 0.0418 e. The van der Waals surface area contributed by atoms with E-state index in [1.165, 1.54) is 43.4 Å². The van der Waals surface area contributed by atoms with Crippen LogP contribution < -0.4 is 5.73 Å². The number of hydrogen-bond acceptors (Lipinski definition) is 2. The Hall–Kier alpha value is -0.340. The molecule has 0 spiro atoms. The van der Waals surface area contributed by atoms with Crippen LogP contribution in [-0.2, 0) is 0 Å². The molecule has 0 aromatic carbocycles. The van der Waals surface area contributed by atoms with Gasteiger partial charge < -0.3 is 5.73 Å². The van der Waals surface area contributed by atoms with Gasteiger partial charge in [-0.05, 0) is 30.2 Å². The summed E-state index contributed by atoms with van der Waals surface area (Å²) in [6.45, 7) is 0. The minimum absolute atomic E-state index is 0.299. The van der Waals surface area contributed by atoms with Crippen LogP contribution in [0.2, 0.25) is 0 Å². The van der Waals surface area contributed by atoms with Gasteiger partial charge in [-0.1, -0.05) is 31.7 Å². The molecule has 0 aliphatic heterocycles. The maximum absolute atomic E-state index is 6.29. The van der Waals surface area contributed by atoms with E-state index in [0.717, 1.165) is 5.92 Å². The van der Waals surface area contributed by atoms with Gasteiger partial charge in [0, 0.05) is 10.9 Å². The van der Waals surface area contributed by atoms with E-state index in [-0.39, 0.29) is 0 Å². The van der Waals surface area contributed by atoms with Crippen molar-refractivity contribution >= 4 is 11.3 Å². The predicted molar refractivity (Wildman–Crippen MR) is 62.4 cm³/mol. The van der Waals surface area contributed by atoms with Crippen molar-refractivity contribution in [2.24, 2.45) is 11.7 Å². The molecule has 0 unspecified atom stereocenters. The average Bonchev–Trinajstić information content (AvgIpc) is 2.59. The fourth-order valence-electron chi connectivity index (χ4n) is 2.38. The molecule has 1 atom stereocenters. The molecule has 1 heterocycles. The Labute approximate surface area is 90.3 Å². The van der Waals surface area contributed by atoms with E-state index in [0.29, 0.717) is 6.04 Å². The van der Waals surface area contributed by atoms with Crippen LogP contribution in [0.25, 0.3) is 0 Å². The van der Waals surface area contributed by atoms with Gasteiger partial charge in [-0.3, -0.25) is 0 Å². The summed E-state index contributed by atoms with van der Waals surface area (Å²) >= 11 is 1.81. The van der Waals surface area contributed by atoms with E-state index in [9.17, 15) is 0 Å². The number of thiophene rings is 1. The van der Waals surface area contributed by atoms with Crippen molar-refractivity contribution < 1.29 is 0 Å². The maximum atomic E-state index is 6.29. The summed E-state index contributed by atoms with van der Waals surface area (Å²) in [6.07, 6.45) is 8.24. The molecule has 1 fully saturated rings. The third-order valence-electron chi connectivity index (χ3n) is 3.28. The minimum atomic E-state index is 0.299. The lowest BCUT2D eigenvalue weighted by atomic mass is 9.91. The highest BCUT2D eigenvalue weighted by atomic mass is 32.1. The first-order chi connectivity index (χ1) is 6.88. The highest BCUT2D eigenvalue weighted by Crippen LogP contribution is 2.33. The second kappa shape index (κ2) is 4.94. The van der Waals surface area contributed by atoms with E-state index in [2.05, 4.69) is 17.5 Å². The van der Waals surface area contributed by atoms with Gasteiger partial charge in [0.05, 0.1) is 0 Å². The molecule has 0 amide bonds. The van der Waals surface area contributed by atoms with Gasteiger partial charge in [0.2, 0.25) is 0 Å². The van der Waals surface area contributed by atoms with Crippen LogP contribution in [0.15, 0.2) is 17.5 Å². The van der Waals surface area contributed by atoms with Crippen molar-refractivity contribution in [3.63, 3.8) is 0 Å². The predicted octanol–water partition coefficient (Wildman–Crippen LogP) is 3.72. The lowest BCUT2D eigenvalue weighted by molar-refractivity contribution is 0.386. The summed E-state index contributed by atoms with van der Waals surface area (Å²) in [6, 6.07) is 4.59. The van der Waals surface area contributed by atoms with Gasteiger partial charge >= 0.3 is 0 Å². The minimum Gasteiger partial charge on any atom is -0.323 e. The van der Waals surface area contributed by atoms with E-state index in [1.54, 1.807) is 11.3 Å². The third kappa shape index (κ3) is 2.37. The third-order valence-corrected chi connectivity index (χ3v) is 4.25. The van der Waals surface area contributed by atoms with Crippen LogP contribution in [0.5, 0.6) is 0 Å². The Balaban J connectivity index is 1.99. The molecule has 1 nitrogen and oxygen atoms in total. The largest absolute Gasteiger partial charge is 0.323 e. The van der Waals surface area contributed by atoms with Gasteiger partial charge in [0.1, 0.15) is 0 Å². The second-order valence-corrected chi connectivity index (χ2v) is 5.27. The van der Waals surface area contributed by atoms with Crippen LogP contribution in [0, 0.1) is 5.92 Å². The summed E-state index contributed by atoms with van der Waals surface area (Å²) in [5.74, 6) is 0.733. The molecular formula is C12H19NS. The van der Waals surface area contributed by atoms with Gasteiger partial charge in [-0.2, -0.15) is 0 Å². The highest BCUT2D eigenvalue weighted by Gasteiger charge is 2.21. The fraction of sp³-hybridized carbons (Fsp3) is 0.667. The molecule has 2 N–H and O–H groups in total. The summed E-state index contributed by atoms with van der Waals surface area (Å²) in [5.41, 5.74) is 6.29. The van der Waals surface area contributed by atoms with Crippen molar-refractivity contribution in [3.8, 4) is 0 Å². The first kappa shape index (κ1) is 10.2. The van der Waals surface area contributed by atoms with Crippen molar-refractivity contribution in [2.45, 2.75) is 44.6 Å². The molecule has 0 radical (unpaired) electrons. The van der Waals surface area contributed by atoms with Crippen LogP contribution in [0.4, 0.5) is 0 Å². The highest BCUT2D eigenvalue weighted by molar-refractivity contribution is 7.10. The number of nitrogens with two attached hydrogens (primary N) is 1. The molecule has 1 aliphatic rings. The SMILES string of the molecule is N[C@@H](c1cccs1)C1CCCCCC1. The van der Waals surface area contributed by atoms with Crippen molar-refractivity contribution in [3.05, 3.63) is 22.4 Å². The molecule has 1 aliphatic carbocycles. The molecule has 1 saturated carbocycles. The molecule has 78 valence electrons. The van der Waals surface area contributed by atoms with Crippen LogP contribution in [-0.4, -0.2) is 0 Å². The zero-order valence-corrected chi connectivity index (χ0v) is 9.43. The number of rotatable bonds is 2. The second-order valence-electron chi connectivity index (χ2n) is 4.29. The first-order valence-electron chi connectivity index (χ1n) is 5.67. The molecule has 1 aromatic rings. The molecule has 2 heteroatoms. The Morgan fingerprint density at radius 1 is 1.21 bits per heavy atom. The monoisotopic (exact) mass is 209 g/mol. The fourth-order valence-corrected chi connectivity index (χ4v) is 3.20. The smallest absolute Gasteiger partial charge is 0.0418 e. The zero-order valence-electron chi connectivity index (χ0n) is 8.61. The van der Waals surface area contributed by atoms with Gasteiger partial charge in [-0.25, -0.2) is 0 Å². The Bertz CT molecular complexity index is 247. The number of hydrogen-bond donors (Lipinski definition) is 1. The van der Waals surface area contributed by atoms with Gasteiger partial charge in [0.25, 0.3) is 0 Å². The summed E-state index contributed by atoms with van der Waals surface area (Å²) in [4.78, 5) is 1.37. The molecular weight excluding hydrogens is 190 g/mol. The summed E-state index contributed by atoms with van der Waals surface area (Å²) < 4.78 is 0. The van der Waals surface area contributed by atoms with E-state index < -0.39 is 0 Å². The van der Waals surface area contributed by atoms with Crippen LogP contribution in [0.1, 0.15) is 49.4 Å². The summed E-state index contributed by atoms with van der Waals surface area (Å²) in [5, 5.41) is 2.13. The quantitative estimate of drug-likeness (QED) is 0.738. The van der Waals surface area contributed by atoms with Gasteiger partial charge in [0.15, 0.2) is 0 Å². The molecule has 14 heavy (non-hydrogen) atoms. The van der Waals surface area contributed by atoms with Crippen molar-refractivity contribution in [1.82, 2.24) is 0 Å². The average molecular weight is 209 g/mol. The van der Waals surface area contributed by atoms with Crippen molar-refractivity contribution in [1.29, 1.82) is 0 Å². The van der Waals surface area contributed by atoms with E-state index >= 15 is 0 Å². The lowest BCUT2D eigenvalue weighted by Gasteiger charge is -2.20. The van der Waals surface area contributed by atoms with Gasteiger partial charge in [-0.15, -0.1) is 11.3 Å². The van der Waals surface area contributed by atoms with Crippen molar-refractivity contribution in [2.75, 3.05) is 0 Å². The lowest BCUT2D eigenvalue weighted by Crippen LogP contribution is -2.19. The topological polar surface area (TPSA) is 26.0 Å². The normalized spacial score (nSPS) is 21.8. The molecule has 1 aromatic heterocycles. The molecule has 0 saturated heterocycles. The molecule has 2 rings (SSSR count). The Morgan fingerprint density at radius 2 is 1.93 bits per heavy atom. The zero-order chi connectivity index (χ0) is 9.80. The Kier molecular flexibility index (Phi) is 3.60. The van der Waals surface area contributed by atoms with E-state index in [4.69, 9.17) is 5.73 Å². The summed E-state index contributed by atoms with van der Waals surface area (Å²) in [7, 11) is 0. The first-order valence-corrected chi connectivity index (χ1v) is 6.55. The van der Waals surface area contributed by atoms with Crippen LogP contribution >= 0.6 is 11.3 Å².